The van der Waals surface area contributed by atoms with Crippen molar-refractivity contribution in [1.82, 2.24) is 10.6 Å². The Morgan fingerprint density at radius 3 is 2.68 bits per heavy atom. The summed E-state index contributed by atoms with van der Waals surface area (Å²) in [7, 11) is 0. The van der Waals surface area contributed by atoms with Gasteiger partial charge in [0, 0.05) is 11.0 Å². The smallest absolute Gasteiger partial charge is 0.315 e. The molecule has 0 aliphatic carbocycles. The number of fused-ring (bicyclic) bond motifs is 1. The number of unbranched alkanes of at least 4 members (excludes halogenated alkanes) is 1. The summed E-state index contributed by atoms with van der Waals surface area (Å²) in [5, 5.41) is 15.4. The van der Waals surface area contributed by atoms with Gasteiger partial charge in [0.2, 0.25) is 0 Å². The average Bonchev–Trinajstić information content (AvgIpc) is 3.10. The Bertz CT molecular complexity index is 505. The molecule has 1 unspecified atom stereocenters. The number of ketones is 1. The van der Waals surface area contributed by atoms with Crippen molar-refractivity contribution in [1.29, 1.82) is 0 Å². The number of carboxylic acid groups (broad SMARTS) is 1. The summed E-state index contributed by atoms with van der Waals surface area (Å²) in [5.74, 6) is -1.68. The van der Waals surface area contributed by atoms with Crippen molar-refractivity contribution in [3.8, 4) is 0 Å². The minimum atomic E-state index is -1.10. The molecule has 2 heterocycles. The third-order valence-electron chi connectivity index (χ3n) is 4.90. The molecule has 0 spiro atoms. The second kappa shape index (κ2) is 9.40. The summed E-state index contributed by atoms with van der Waals surface area (Å²) in [5.41, 5.74) is 11.3. The number of nitrogens with two attached hydrogens (primary N) is 2. The van der Waals surface area contributed by atoms with E-state index in [1.807, 2.05) is 0 Å². The van der Waals surface area contributed by atoms with Gasteiger partial charge in [-0.2, -0.15) is 11.8 Å². The number of hydrogen-bond acceptors (Lipinski definition) is 6. The standard InChI is InChI=1S/C16H28N4O4S/c17-7-2-1-5-10(18)14(21)9(15(22)23)4-3-6-12-13-11(8-25-12)19-16(24)20-13/h9-13H,1-8,17-18H2,(H,22,23)(H2,19,20,24)/t9?,10-,11-,12-,13-/m0/s1. The number of rotatable bonds is 11. The average molecular weight is 372 g/mol. The Labute approximate surface area is 151 Å². The highest BCUT2D eigenvalue weighted by atomic mass is 32.2. The lowest BCUT2D eigenvalue weighted by atomic mass is 9.90. The zero-order chi connectivity index (χ0) is 18.4. The summed E-state index contributed by atoms with van der Waals surface area (Å²) < 4.78 is 0. The predicted octanol–water partition coefficient (Wildman–Crippen LogP) is 0.0483. The molecule has 0 aromatic carbocycles. The maximum absolute atomic E-state index is 12.3. The van der Waals surface area contributed by atoms with Crippen LogP contribution in [-0.2, 0) is 9.59 Å². The largest absolute Gasteiger partial charge is 0.481 e. The topological polar surface area (TPSA) is 148 Å². The van der Waals surface area contributed by atoms with Gasteiger partial charge in [-0.25, -0.2) is 4.79 Å². The molecule has 0 aromatic rings. The van der Waals surface area contributed by atoms with Gasteiger partial charge < -0.3 is 27.2 Å². The fraction of sp³-hybridized carbons (Fsp3) is 0.812. The van der Waals surface area contributed by atoms with E-state index in [0.29, 0.717) is 19.4 Å². The number of hydrogen-bond donors (Lipinski definition) is 5. The van der Waals surface area contributed by atoms with Gasteiger partial charge in [-0.05, 0) is 32.2 Å². The Morgan fingerprint density at radius 1 is 1.24 bits per heavy atom. The highest BCUT2D eigenvalue weighted by Crippen LogP contribution is 2.33. The van der Waals surface area contributed by atoms with E-state index in [1.54, 1.807) is 11.8 Å². The van der Waals surface area contributed by atoms with E-state index in [-0.39, 0.29) is 29.8 Å². The third-order valence-corrected chi connectivity index (χ3v) is 6.40. The van der Waals surface area contributed by atoms with Crippen molar-refractivity contribution in [2.75, 3.05) is 12.3 Å². The Morgan fingerprint density at radius 2 is 2.00 bits per heavy atom. The Kier molecular flexibility index (Phi) is 7.52. The maximum atomic E-state index is 12.3. The van der Waals surface area contributed by atoms with Crippen molar-refractivity contribution in [3.63, 3.8) is 0 Å². The van der Waals surface area contributed by atoms with E-state index in [0.717, 1.165) is 25.0 Å². The molecule has 2 fully saturated rings. The van der Waals surface area contributed by atoms with Crippen LogP contribution in [0.3, 0.4) is 0 Å². The van der Waals surface area contributed by atoms with Crippen molar-refractivity contribution in [2.45, 2.75) is 61.9 Å². The first-order chi connectivity index (χ1) is 11.9. The van der Waals surface area contributed by atoms with Crippen molar-refractivity contribution in [3.05, 3.63) is 0 Å². The maximum Gasteiger partial charge on any atom is 0.315 e. The SMILES string of the molecule is NCCCC[C@H](N)C(=O)C(CCC[C@@H]1SC[C@@H]2NC(=O)N[C@@H]21)C(=O)O. The van der Waals surface area contributed by atoms with Gasteiger partial charge >= 0.3 is 12.0 Å². The number of nitrogens with one attached hydrogen (secondary N) is 2. The number of carbonyl (C=O) groups is 3. The van der Waals surface area contributed by atoms with Crippen LogP contribution in [0.5, 0.6) is 0 Å². The number of Topliss-reactive ketones (excluding diaryl/α,β-unsaturated/α-hetero) is 1. The predicted molar refractivity (Wildman–Crippen MR) is 96.4 cm³/mol. The summed E-state index contributed by atoms with van der Waals surface area (Å²) in [4.78, 5) is 35.2. The molecule has 142 valence electrons. The first-order valence-electron chi connectivity index (χ1n) is 8.84. The first-order valence-corrected chi connectivity index (χ1v) is 9.89. The van der Waals surface area contributed by atoms with Gasteiger partial charge in [-0.3, -0.25) is 9.59 Å². The van der Waals surface area contributed by atoms with E-state index in [9.17, 15) is 19.5 Å². The van der Waals surface area contributed by atoms with Gasteiger partial charge in [0.05, 0.1) is 18.1 Å². The summed E-state index contributed by atoms with van der Waals surface area (Å²) >= 11 is 1.78. The number of carbonyl (C=O) groups excluding carboxylic acids is 2. The molecule has 5 atom stereocenters. The van der Waals surface area contributed by atoms with Crippen LogP contribution >= 0.6 is 11.8 Å². The zero-order valence-corrected chi connectivity index (χ0v) is 15.1. The van der Waals surface area contributed by atoms with Gasteiger partial charge in [0.25, 0.3) is 0 Å². The minimum Gasteiger partial charge on any atom is -0.481 e. The lowest BCUT2D eigenvalue weighted by molar-refractivity contribution is -0.147. The number of carboxylic acids is 1. The Balaban J connectivity index is 1.78. The minimum absolute atomic E-state index is 0.0926. The normalized spacial score (nSPS) is 27.3. The lowest BCUT2D eigenvalue weighted by Gasteiger charge is -2.19. The molecule has 2 amide bonds. The van der Waals surface area contributed by atoms with Gasteiger partial charge in [0.1, 0.15) is 5.92 Å². The van der Waals surface area contributed by atoms with E-state index in [4.69, 9.17) is 11.5 Å². The first kappa shape index (κ1) is 20.0. The second-order valence-corrected chi connectivity index (χ2v) is 8.01. The fourth-order valence-corrected chi connectivity index (χ4v) is 5.01. The highest BCUT2D eigenvalue weighted by Gasteiger charge is 2.42. The Hall–Kier alpha value is -1.32. The summed E-state index contributed by atoms with van der Waals surface area (Å²) in [6.07, 6.45) is 3.65. The summed E-state index contributed by atoms with van der Waals surface area (Å²) in [6, 6.07) is -0.635. The molecule has 0 bridgehead atoms. The van der Waals surface area contributed by atoms with Gasteiger partial charge in [-0.1, -0.05) is 12.8 Å². The molecule has 2 saturated heterocycles. The van der Waals surface area contributed by atoms with E-state index >= 15 is 0 Å². The molecular weight excluding hydrogens is 344 g/mol. The third kappa shape index (κ3) is 5.32. The molecule has 9 heteroatoms. The molecule has 25 heavy (non-hydrogen) atoms. The van der Waals surface area contributed by atoms with Gasteiger partial charge in [-0.15, -0.1) is 0 Å². The fourth-order valence-electron chi connectivity index (χ4n) is 3.46. The van der Waals surface area contributed by atoms with Gasteiger partial charge in [0.15, 0.2) is 5.78 Å². The quantitative estimate of drug-likeness (QED) is 0.195. The van der Waals surface area contributed by atoms with Crippen molar-refractivity contribution in [2.24, 2.45) is 17.4 Å². The zero-order valence-electron chi connectivity index (χ0n) is 14.3. The number of urea groups is 1. The van der Waals surface area contributed by atoms with Crippen LogP contribution in [0.1, 0.15) is 38.5 Å². The van der Waals surface area contributed by atoms with E-state index in [1.165, 1.54) is 0 Å². The molecule has 2 aliphatic rings. The van der Waals surface area contributed by atoms with Crippen LogP contribution < -0.4 is 22.1 Å². The molecule has 2 aliphatic heterocycles. The second-order valence-electron chi connectivity index (χ2n) is 6.74. The van der Waals surface area contributed by atoms with Crippen LogP contribution in [-0.4, -0.2) is 58.6 Å². The lowest BCUT2D eigenvalue weighted by Crippen LogP contribution is -2.39. The molecule has 0 aromatic heterocycles. The molecular formula is C16H28N4O4S. The number of amides is 2. The number of aliphatic carboxylic acids is 1. The molecule has 7 N–H and O–H groups in total. The highest BCUT2D eigenvalue weighted by molar-refractivity contribution is 8.00. The van der Waals surface area contributed by atoms with Crippen molar-refractivity contribution >= 4 is 29.5 Å². The summed E-state index contributed by atoms with van der Waals surface area (Å²) in [6.45, 7) is 0.538. The van der Waals surface area contributed by atoms with Crippen LogP contribution in [0.4, 0.5) is 4.79 Å². The monoisotopic (exact) mass is 372 g/mol. The van der Waals surface area contributed by atoms with Crippen LogP contribution in [0.15, 0.2) is 0 Å². The van der Waals surface area contributed by atoms with Crippen LogP contribution in [0.2, 0.25) is 0 Å². The van der Waals surface area contributed by atoms with E-state index in [2.05, 4.69) is 10.6 Å². The van der Waals surface area contributed by atoms with Crippen LogP contribution in [0, 0.1) is 5.92 Å². The molecule has 0 radical (unpaired) electrons. The van der Waals surface area contributed by atoms with Crippen molar-refractivity contribution < 1.29 is 19.5 Å². The number of thioether (sulfide) groups is 1. The van der Waals surface area contributed by atoms with E-state index < -0.39 is 23.7 Å². The van der Waals surface area contributed by atoms with Crippen LogP contribution in [0.25, 0.3) is 0 Å². The molecule has 2 rings (SSSR count). The molecule has 8 nitrogen and oxygen atoms in total. The molecule has 0 saturated carbocycles.